The van der Waals surface area contributed by atoms with E-state index in [4.69, 9.17) is 20.8 Å². The Kier molecular flexibility index (Phi) is 5.61. The lowest BCUT2D eigenvalue weighted by Crippen LogP contribution is -2.35. The fraction of sp³-hybridized carbons (Fsp3) is 0.211. The highest BCUT2D eigenvalue weighted by atomic mass is 35.5. The van der Waals surface area contributed by atoms with Crippen LogP contribution in [0.15, 0.2) is 53.1 Å². The van der Waals surface area contributed by atoms with Gasteiger partial charge in [-0.05, 0) is 38.1 Å². The second kappa shape index (κ2) is 8.09. The Morgan fingerprint density at radius 1 is 1.26 bits per heavy atom. The molecule has 1 atom stereocenters. The van der Waals surface area contributed by atoms with Crippen molar-refractivity contribution >= 4 is 23.5 Å². The molecule has 0 unspecified atom stereocenters. The summed E-state index contributed by atoms with van der Waals surface area (Å²) >= 11 is 6.34. The van der Waals surface area contributed by atoms with E-state index in [1.54, 1.807) is 19.1 Å². The Balaban J connectivity index is 1.68. The van der Waals surface area contributed by atoms with Gasteiger partial charge in [0.2, 0.25) is 0 Å². The first-order valence-electron chi connectivity index (χ1n) is 8.29. The predicted octanol–water partition coefficient (Wildman–Crippen LogP) is 3.29. The molecule has 0 saturated carbocycles. The molecule has 7 nitrogen and oxygen atoms in total. The molecule has 140 valence electrons. The van der Waals surface area contributed by atoms with Crippen LogP contribution in [-0.2, 0) is 16.1 Å². The molecule has 0 spiro atoms. The van der Waals surface area contributed by atoms with Gasteiger partial charge in [-0.1, -0.05) is 29.8 Å². The molecule has 0 bridgehead atoms. The van der Waals surface area contributed by atoms with Crippen LogP contribution in [0, 0.1) is 6.92 Å². The summed E-state index contributed by atoms with van der Waals surface area (Å²) in [4.78, 5) is 24.6. The maximum atomic E-state index is 12.5. The van der Waals surface area contributed by atoms with E-state index < -0.39 is 18.0 Å². The van der Waals surface area contributed by atoms with Crippen LogP contribution in [0.25, 0.3) is 5.69 Å². The molecule has 0 saturated heterocycles. The first-order chi connectivity index (χ1) is 13.0. The normalized spacial score (nSPS) is 11.8. The van der Waals surface area contributed by atoms with E-state index in [1.807, 2.05) is 30.3 Å². The Bertz CT molecular complexity index is 936. The van der Waals surface area contributed by atoms with Crippen molar-refractivity contribution in [2.75, 3.05) is 0 Å². The summed E-state index contributed by atoms with van der Waals surface area (Å²) in [6, 6.07) is 12.6. The number of esters is 1. The maximum absolute atomic E-state index is 12.5. The van der Waals surface area contributed by atoms with Crippen LogP contribution in [0.3, 0.4) is 0 Å². The molecule has 27 heavy (non-hydrogen) atoms. The molecule has 8 heteroatoms. The molecule has 0 fully saturated rings. The number of aromatic nitrogens is 2. The lowest BCUT2D eigenvalue weighted by molar-refractivity contribution is -0.129. The maximum Gasteiger partial charge on any atom is 0.344 e. The van der Waals surface area contributed by atoms with Gasteiger partial charge in [0.25, 0.3) is 5.91 Å². The molecule has 1 N–H and O–H groups in total. The minimum Gasteiger partial charge on any atom is -0.467 e. The summed E-state index contributed by atoms with van der Waals surface area (Å²) in [5, 5.41) is 7.06. The van der Waals surface area contributed by atoms with E-state index in [0.717, 1.165) is 0 Å². The fourth-order valence-corrected chi connectivity index (χ4v) is 2.82. The number of aryl methyl sites for hydroxylation is 1. The molecule has 0 aliphatic rings. The molecule has 0 aliphatic carbocycles. The highest BCUT2D eigenvalue weighted by Gasteiger charge is 2.26. The highest BCUT2D eigenvalue weighted by molar-refractivity contribution is 6.33. The Morgan fingerprint density at radius 2 is 2.00 bits per heavy atom. The highest BCUT2D eigenvalue weighted by Crippen LogP contribution is 2.24. The summed E-state index contributed by atoms with van der Waals surface area (Å²) < 4.78 is 11.9. The van der Waals surface area contributed by atoms with Gasteiger partial charge in [0.05, 0.1) is 24.2 Å². The average molecular weight is 388 g/mol. The summed E-state index contributed by atoms with van der Waals surface area (Å²) in [7, 11) is 0. The number of carbonyl (C=O) groups excluding carboxylic acids is 2. The van der Waals surface area contributed by atoms with E-state index in [1.165, 1.54) is 17.9 Å². The zero-order valence-electron chi connectivity index (χ0n) is 14.8. The number of furan rings is 1. The standard InChI is InChI=1S/C19H18ClN3O4/c1-12-16(17(20)23(22-12)14-7-4-3-5-8-14)19(25)27-13(2)18(24)21-11-15-9-6-10-26-15/h3-10,13H,11H2,1-2H3,(H,21,24)/t13-/m1/s1. The van der Waals surface area contributed by atoms with Crippen molar-refractivity contribution in [2.24, 2.45) is 0 Å². The molecule has 2 aromatic heterocycles. The number of hydrogen-bond acceptors (Lipinski definition) is 5. The van der Waals surface area contributed by atoms with Crippen LogP contribution in [0.5, 0.6) is 0 Å². The molecule has 3 aromatic rings. The topological polar surface area (TPSA) is 86.4 Å². The number of ether oxygens (including phenoxy) is 1. The Labute approximate surface area is 160 Å². The minimum atomic E-state index is -0.997. The predicted molar refractivity (Wildman–Crippen MR) is 98.7 cm³/mol. The van der Waals surface area contributed by atoms with Crippen molar-refractivity contribution in [2.45, 2.75) is 26.5 Å². The number of nitrogens with zero attached hydrogens (tertiary/aromatic N) is 2. The van der Waals surface area contributed by atoms with Gasteiger partial charge in [-0.2, -0.15) is 5.10 Å². The van der Waals surface area contributed by atoms with Crippen molar-refractivity contribution in [3.63, 3.8) is 0 Å². The fourth-order valence-electron chi connectivity index (χ4n) is 2.48. The van der Waals surface area contributed by atoms with Gasteiger partial charge in [0, 0.05) is 0 Å². The molecule has 1 amide bonds. The molecule has 1 aromatic carbocycles. The van der Waals surface area contributed by atoms with E-state index >= 15 is 0 Å². The van der Waals surface area contributed by atoms with Crippen molar-refractivity contribution < 1.29 is 18.7 Å². The average Bonchev–Trinajstić information content (AvgIpc) is 3.28. The second-order valence-corrected chi connectivity index (χ2v) is 6.20. The minimum absolute atomic E-state index is 0.131. The third kappa shape index (κ3) is 4.20. The number of para-hydroxylation sites is 1. The van der Waals surface area contributed by atoms with Crippen LogP contribution < -0.4 is 5.32 Å². The van der Waals surface area contributed by atoms with Crippen molar-refractivity contribution in [1.29, 1.82) is 0 Å². The van der Waals surface area contributed by atoms with Crippen LogP contribution in [0.1, 0.15) is 28.7 Å². The lowest BCUT2D eigenvalue weighted by Gasteiger charge is -2.13. The van der Waals surface area contributed by atoms with Gasteiger partial charge in [-0.3, -0.25) is 4.79 Å². The smallest absolute Gasteiger partial charge is 0.344 e. The largest absolute Gasteiger partial charge is 0.467 e. The zero-order valence-corrected chi connectivity index (χ0v) is 15.6. The van der Waals surface area contributed by atoms with Crippen molar-refractivity contribution in [1.82, 2.24) is 15.1 Å². The van der Waals surface area contributed by atoms with Crippen LogP contribution >= 0.6 is 11.6 Å². The van der Waals surface area contributed by atoms with E-state index in [0.29, 0.717) is 17.1 Å². The molecule has 0 aliphatic heterocycles. The van der Waals surface area contributed by atoms with E-state index in [9.17, 15) is 9.59 Å². The quantitative estimate of drug-likeness (QED) is 0.656. The molecular formula is C19H18ClN3O4. The van der Waals surface area contributed by atoms with Crippen LogP contribution in [0.4, 0.5) is 0 Å². The third-order valence-electron chi connectivity index (χ3n) is 3.88. The molecule has 0 radical (unpaired) electrons. The van der Waals surface area contributed by atoms with Gasteiger partial charge in [-0.25, -0.2) is 9.48 Å². The number of benzene rings is 1. The zero-order chi connectivity index (χ0) is 19.4. The number of carbonyl (C=O) groups is 2. The van der Waals surface area contributed by atoms with Crippen molar-refractivity contribution in [3.8, 4) is 5.69 Å². The van der Waals surface area contributed by atoms with Gasteiger partial charge >= 0.3 is 5.97 Å². The third-order valence-corrected chi connectivity index (χ3v) is 4.23. The molecule has 2 heterocycles. The second-order valence-electron chi connectivity index (χ2n) is 5.84. The number of hydrogen-bond donors (Lipinski definition) is 1. The van der Waals surface area contributed by atoms with Crippen molar-refractivity contribution in [3.05, 3.63) is 70.9 Å². The summed E-state index contributed by atoms with van der Waals surface area (Å²) in [6.45, 7) is 3.35. The number of halogens is 1. The lowest BCUT2D eigenvalue weighted by atomic mass is 10.2. The number of rotatable bonds is 6. The summed E-state index contributed by atoms with van der Waals surface area (Å²) in [5.74, 6) is -0.547. The van der Waals surface area contributed by atoms with Crippen LogP contribution in [-0.4, -0.2) is 27.8 Å². The van der Waals surface area contributed by atoms with E-state index in [-0.39, 0.29) is 17.3 Å². The monoisotopic (exact) mass is 387 g/mol. The number of nitrogens with one attached hydrogen (secondary N) is 1. The van der Waals surface area contributed by atoms with Gasteiger partial charge in [0.15, 0.2) is 6.10 Å². The summed E-state index contributed by atoms with van der Waals surface area (Å²) in [5.41, 5.74) is 1.26. The first-order valence-corrected chi connectivity index (χ1v) is 8.66. The summed E-state index contributed by atoms with van der Waals surface area (Å²) in [6.07, 6.45) is 0.517. The van der Waals surface area contributed by atoms with E-state index in [2.05, 4.69) is 10.4 Å². The van der Waals surface area contributed by atoms with Gasteiger partial charge < -0.3 is 14.5 Å². The van der Waals surface area contributed by atoms with Gasteiger partial charge in [0.1, 0.15) is 16.5 Å². The first kappa shape index (κ1) is 18.7. The Hall–Kier alpha value is -3.06. The number of amides is 1. The molecule has 3 rings (SSSR count). The van der Waals surface area contributed by atoms with Crippen LogP contribution in [0.2, 0.25) is 5.15 Å². The Morgan fingerprint density at radius 3 is 2.67 bits per heavy atom. The molecular weight excluding hydrogens is 370 g/mol. The SMILES string of the molecule is Cc1nn(-c2ccccc2)c(Cl)c1C(=O)O[C@H](C)C(=O)NCc1ccco1. The van der Waals surface area contributed by atoms with Gasteiger partial charge in [-0.15, -0.1) is 0 Å².